The van der Waals surface area contributed by atoms with Crippen molar-refractivity contribution in [2.45, 2.75) is 25.8 Å². The Balaban J connectivity index is 1.62. The predicted octanol–water partition coefficient (Wildman–Crippen LogP) is 0.306. The van der Waals surface area contributed by atoms with Gasteiger partial charge in [0.1, 0.15) is 0 Å². The molecule has 2 aliphatic rings. The molecule has 8 heteroatoms. The molecule has 0 aliphatic carbocycles. The molecule has 8 nitrogen and oxygen atoms in total. The van der Waals surface area contributed by atoms with Crippen LogP contribution >= 0.6 is 0 Å². The molecule has 0 spiro atoms. The van der Waals surface area contributed by atoms with E-state index in [-0.39, 0.29) is 23.0 Å². The smallest absolute Gasteiger partial charge is 0.252 e. The minimum atomic E-state index is -0.247. The van der Waals surface area contributed by atoms with Crippen molar-refractivity contribution in [3.63, 3.8) is 0 Å². The molecule has 0 amide bonds. The van der Waals surface area contributed by atoms with E-state index in [0.29, 0.717) is 30.7 Å². The fraction of sp³-hybridized carbons (Fsp3) is 0.412. The van der Waals surface area contributed by atoms with Crippen LogP contribution in [0.4, 0.5) is 5.95 Å². The van der Waals surface area contributed by atoms with Crippen LogP contribution in [0.15, 0.2) is 38.8 Å². The van der Waals surface area contributed by atoms with Crippen LogP contribution in [0.25, 0.3) is 0 Å². The average Bonchev–Trinajstić information content (AvgIpc) is 2.55. The molecule has 1 saturated heterocycles. The molecule has 4 rings (SSSR count). The molecule has 0 unspecified atom stereocenters. The van der Waals surface area contributed by atoms with Crippen molar-refractivity contribution < 1.29 is 0 Å². The Morgan fingerprint density at radius 1 is 1.32 bits per heavy atom. The Morgan fingerprint density at radius 2 is 2.16 bits per heavy atom. The summed E-state index contributed by atoms with van der Waals surface area (Å²) in [4.78, 5) is 36.7. The lowest BCUT2D eigenvalue weighted by Gasteiger charge is -2.43. The highest BCUT2D eigenvalue weighted by molar-refractivity contribution is 5.80. The van der Waals surface area contributed by atoms with Crippen LogP contribution in [-0.4, -0.2) is 38.5 Å². The quantitative estimate of drug-likeness (QED) is 0.573. The number of piperidine rings is 1. The summed E-state index contributed by atoms with van der Waals surface area (Å²) in [6.45, 7) is 3.88. The number of hydrogen-bond donors (Lipinski definition) is 2. The average molecular weight is 340 g/mol. The van der Waals surface area contributed by atoms with E-state index >= 15 is 0 Å². The standard InChI is InChI=1S/C17H20N6O2/c1-10-5-14(24)20-17(19-10)21-16(18)22-7-11-6-12(9-22)13-3-2-4-15(25)23(13)8-11/h2-5,11-12H,6-9H2,1H3,(H3,18,19,20,21,24)/t11-,12+/m0/s1. The first-order valence-electron chi connectivity index (χ1n) is 8.36. The van der Waals surface area contributed by atoms with Gasteiger partial charge in [-0.3, -0.25) is 14.6 Å². The summed E-state index contributed by atoms with van der Waals surface area (Å²) in [6.07, 6.45) is 1.05. The van der Waals surface area contributed by atoms with Crippen LogP contribution in [0.2, 0.25) is 0 Å². The van der Waals surface area contributed by atoms with Crippen molar-refractivity contribution >= 4 is 11.9 Å². The number of likely N-dealkylation sites (tertiary alicyclic amines) is 1. The molecule has 25 heavy (non-hydrogen) atoms. The van der Waals surface area contributed by atoms with Crippen molar-refractivity contribution in [1.82, 2.24) is 19.4 Å². The van der Waals surface area contributed by atoms with E-state index in [0.717, 1.165) is 18.7 Å². The molecule has 1 fully saturated rings. The number of pyridine rings is 1. The van der Waals surface area contributed by atoms with Gasteiger partial charge in [0.05, 0.1) is 0 Å². The number of guanidine groups is 1. The van der Waals surface area contributed by atoms with E-state index < -0.39 is 0 Å². The molecule has 2 aliphatic heterocycles. The van der Waals surface area contributed by atoms with Crippen LogP contribution in [0.1, 0.15) is 23.7 Å². The van der Waals surface area contributed by atoms with Gasteiger partial charge in [0.25, 0.3) is 11.1 Å². The minimum absolute atomic E-state index is 0.0591. The summed E-state index contributed by atoms with van der Waals surface area (Å²) in [6, 6.07) is 6.85. The molecule has 2 aromatic rings. The fourth-order valence-electron chi connectivity index (χ4n) is 3.88. The Bertz CT molecular complexity index is 960. The SMILES string of the molecule is Cc1cc(=O)[nH]c(N=C(N)N2C[C@@H]3C[C@H](C2)c2cccc(=O)n2C3)n1. The molecule has 0 radical (unpaired) electrons. The van der Waals surface area contributed by atoms with Gasteiger partial charge in [-0.1, -0.05) is 6.07 Å². The second-order valence-corrected chi connectivity index (χ2v) is 6.78. The molecule has 2 atom stereocenters. The number of nitrogens with two attached hydrogens (primary N) is 1. The maximum atomic E-state index is 12.1. The summed E-state index contributed by atoms with van der Waals surface area (Å²) in [7, 11) is 0. The predicted molar refractivity (Wildman–Crippen MR) is 94.0 cm³/mol. The zero-order chi connectivity index (χ0) is 17.6. The Kier molecular flexibility index (Phi) is 3.67. The van der Waals surface area contributed by atoms with Gasteiger partial charge >= 0.3 is 0 Å². The highest BCUT2D eigenvalue weighted by atomic mass is 16.1. The van der Waals surface area contributed by atoms with Gasteiger partial charge in [0.15, 0.2) is 5.96 Å². The number of aliphatic imine (C=N–C) groups is 1. The number of aromatic amines is 1. The molecule has 130 valence electrons. The number of rotatable bonds is 1. The fourth-order valence-corrected chi connectivity index (χ4v) is 3.88. The number of nitrogens with one attached hydrogen (secondary N) is 1. The third-order valence-corrected chi connectivity index (χ3v) is 4.88. The number of fused-ring (bicyclic) bond motifs is 4. The van der Waals surface area contributed by atoms with Gasteiger partial charge < -0.3 is 15.2 Å². The monoisotopic (exact) mass is 340 g/mol. The van der Waals surface area contributed by atoms with Gasteiger partial charge in [-0.05, 0) is 25.3 Å². The lowest BCUT2D eigenvalue weighted by Crippen LogP contribution is -2.51. The second kappa shape index (κ2) is 5.87. The molecule has 3 N–H and O–H groups in total. The second-order valence-electron chi connectivity index (χ2n) is 6.78. The van der Waals surface area contributed by atoms with Crippen LogP contribution < -0.4 is 16.9 Å². The zero-order valence-electron chi connectivity index (χ0n) is 14.0. The van der Waals surface area contributed by atoms with Gasteiger partial charge in [-0.2, -0.15) is 4.99 Å². The first kappa shape index (κ1) is 15.6. The molecule has 0 aromatic carbocycles. The van der Waals surface area contributed by atoms with Crippen molar-refractivity contribution in [2.75, 3.05) is 13.1 Å². The topological polar surface area (TPSA) is 109 Å². The number of aryl methyl sites for hydroxylation is 1. The maximum absolute atomic E-state index is 12.1. The lowest BCUT2D eigenvalue weighted by atomic mass is 9.83. The van der Waals surface area contributed by atoms with E-state index in [1.54, 1.807) is 13.0 Å². The van der Waals surface area contributed by atoms with Crippen molar-refractivity contribution in [1.29, 1.82) is 0 Å². The number of hydrogen-bond acceptors (Lipinski definition) is 4. The minimum Gasteiger partial charge on any atom is -0.369 e. The van der Waals surface area contributed by atoms with Crippen molar-refractivity contribution in [2.24, 2.45) is 16.6 Å². The largest absolute Gasteiger partial charge is 0.369 e. The summed E-state index contributed by atoms with van der Waals surface area (Å²) in [5.41, 5.74) is 7.65. The van der Waals surface area contributed by atoms with Crippen LogP contribution in [0.3, 0.4) is 0 Å². The summed E-state index contributed by atoms with van der Waals surface area (Å²) in [5, 5.41) is 0. The first-order chi connectivity index (χ1) is 12.0. The number of aromatic nitrogens is 3. The molecular weight excluding hydrogens is 320 g/mol. The number of H-pyrrole nitrogens is 1. The summed E-state index contributed by atoms with van der Waals surface area (Å²) in [5.74, 6) is 1.16. The normalized spacial score (nSPS) is 22.6. The number of nitrogens with zero attached hydrogens (tertiary/aromatic N) is 4. The van der Waals surface area contributed by atoms with E-state index in [4.69, 9.17) is 5.73 Å². The Morgan fingerprint density at radius 3 is 2.96 bits per heavy atom. The van der Waals surface area contributed by atoms with E-state index in [1.165, 1.54) is 6.07 Å². The highest BCUT2D eigenvalue weighted by Crippen LogP contribution is 2.34. The van der Waals surface area contributed by atoms with Crippen LogP contribution in [0.5, 0.6) is 0 Å². The molecule has 0 saturated carbocycles. The van der Waals surface area contributed by atoms with Crippen LogP contribution in [0, 0.1) is 12.8 Å². The van der Waals surface area contributed by atoms with Gasteiger partial charge in [0.2, 0.25) is 5.95 Å². The molecule has 4 heterocycles. The van der Waals surface area contributed by atoms with Gasteiger partial charge in [-0.15, -0.1) is 0 Å². The lowest BCUT2D eigenvalue weighted by molar-refractivity contribution is 0.177. The van der Waals surface area contributed by atoms with E-state index in [2.05, 4.69) is 15.0 Å². The third kappa shape index (κ3) is 2.95. The van der Waals surface area contributed by atoms with Crippen molar-refractivity contribution in [3.05, 3.63) is 56.4 Å². The van der Waals surface area contributed by atoms with Gasteiger partial charge in [-0.25, -0.2) is 4.98 Å². The first-order valence-corrected chi connectivity index (χ1v) is 8.36. The van der Waals surface area contributed by atoms with Crippen molar-refractivity contribution in [3.8, 4) is 0 Å². The zero-order valence-corrected chi connectivity index (χ0v) is 14.0. The van der Waals surface area contributed by atoms with Crippen LogP contribution in [-0.2, 0) is 6.54 Å². The molecule has 2 bridgehead atoms. The summed E-state index contributed by atoms with van der Waals surface area (Å²) < 4.78 is 1.88. The maximum Gasteiger partial charge on any atom is 0.252 e. The van der Waals surface area contributed by atoms with E-state index in [9.17, 15) is 9.59 Å². The highest BCUT2D eigenvalue weighted by Gasteiger charge is 2.35. The summed E-state index contributed by atoms with van der Waals surface area (Å²) >= 11 is 0. The Labute approximate surface area is 144 Å². The molecule has 2 aromatic heterocycles. The molecular formula is C17H20N6O2. The van der Waals surface area contributed by atoms with Gasteiger partial charge in [0, 0.05) is 49.1 Å². The third-order valence-electron chi connectivity index (χ3n) is 4.88. The Hall–Kier alpha value is -2.90. The van der Waals surface area contributed by atoms with E-state index in [1.807, 2.05) is 21.6 Å².